The lowest BCUT2D eigenvalue weighted by Gasteiger charge is -2.26. The third kappa shape index (κ3) is 5.21. The SMILES string of the molecule is Cc1ccc(N(c2cccc(C)c2)c2ccc3c(c2)Cc2cc(N(c4ccc(C)cc4)c4cccc(C)c4)ccc2-3)cc1. The number of hydrogen-bond donors (Lipinski definition) is 0. The fourth-order valence-electron chi connectivity index (χ4n) is 6.28. The van der Waals surface area contributed by atoms with Gasteiger partial charge in [-0.15, -0.1) is 0 Å². The number of anilines is 6. The van der Waals surface area contributed by atoms with Crippen molar-refractivity contribution in [2.24, 2.45) is 0 Å². The van der Waals surface area contributed by atoms with Gasteiger partial charge < -0.3 is 9.80 Å². The lowest BCUT2D eigenvalue weighted by molar-refractivity contribution is 1.21. The number of aryl methyl sites for hydroxylation is 4. The molecule has 0 aromatic heterocycles. The van der Waals surface area contributed by atoms with Gasteiger partial charge in [0.1, 0.15) is 0 Å². The Kier molecular flexibility index (Phi) is 6.83. The van der Waals surface area contributed by atoms with Gasteiger partial charge in [0.05, 0.1) is 0 Å². The minimum Gasteiger partial charge on any atom is -0.310 e. The molecule has 0 spiro atoms. The van der Waals surface area contributed by atoms with Crippen molar-refractivity contribution >= 4 is 34.1 Å². The summed E-state index contributed by atoms with van der Waals surface area (Å²) >= 11 is 0. The number of fused-ring (bicyclic) bond motifs is 3. The van der Waals surface area contributed by atoms with Crippen LogP contribution in [0.2, 0.25) is 0 Å². The van der Waals surface area contributed by atoms with Crippen LogP contribution in [0.5, 0.6) is 0 Å². The molecule has 7 rings (SSSR count). The molecule has 0 bridgehead atoms. The summed E-state index contributed by atoms with van der Waals surface area (Å²) in [7, 11) is 0. The minimum absolute atomic E-state index is 0.914. The number of benzene rings is 6. The van der Waals surface area contributed by atoms with Crippen molar-refractivity contribution in [1.82, 2.24) is 0 Å². The zero-order valence-electron chi connectivity index (χ0n) is 25.3. The van der Waals surface area contributed by atoms with Crippen molar-refractivity contribution in [2.75, 3.05) is 9.80 Å². The first-order valence-electron chi connectivity index (χ1n) is 15.1. The Morgan fingerprint density at radius 3 is 1.12 bits per heavy atom. The Morgan fingerprint density at radius 2 is 0.721 bits per heavy atom. The Balaban J connectivity index is 1.28. The molecule has 1 aliphatic rings. The summed E-state index contributed by atoms with van der Waals surface area (Å²) in [6.07, 6.45) is 0.914. The zero-order valence-corrected chi connectivity index (χ0v) is 25.3. The van der Waals surface area contributed by atoms with Crippen LogP contribution in [0.15, 0.2) is 133 Å². The average molecular weight is 557 g/mol. The van der Waals surface area contributed by atoms with E-state index in [1.54, 1.807) is 0 Å². The van der Waals surface area contributed by atoms with Crippen molar-refractivity contribution in [3.05, 3.63) is 167 Å². The smallest absolute Gasteiger partial charge is 0.0464 e. The van der Waals surface area contributed by atoms with Crippen LogP contribution >= 0.6 is 0 Å². The Bertz CT molecular complexity index is 1790. The summed E-state index contributed by atoms with van der Waals surface area (Å²) in [5.74, 6) is 0. The first-order valence-corrected chi connectivity index (χ1v) is 15.1. The Morgan fingerprint density at radius 1 is 0.349 bits per heavy atom. The van der Waals surface area contributed by atoms with Crippen molar-refractivity contribution in [2.45, 2.75) is 34.1 Å². The van der Waals surface area contributed by atoms with E-state index in [9.17, 15) is 0 Å². The van der Waals surface area contributed by atoms with E-state index in [1.165, 1.54) is 78.6 Å². The van der Waals surface area contributed by atoms with Gasteiger partial charge >= 0.3 is 0 Å². The first-order chi connectivity index (χ1) is 20.9. The highest BCUT2D eigenvalue weighted by molar-refractivity contribution is 5.86. The van der Waals surface area contributed by atoms with Gasteiger partial charge in [0, 0.05) is 34.1 Å². The highest BCUT2D eigenvalue weighted by Crippen LogP contribution is 2.44. The van der Waals surface area contributed by atoms with Crippen LogP contribution < -0.4 is 9.80 Å². The fraction of sp³-hybridized carbons (Fsp3) is 0.122. The van der Waals surface area contributed by atoms with Gasteiger partial charge in [-0.2, -0.15) is 0 Å². The molecular weight excluding hydrogens is 520 g/mol. The van der Waals surface area contributed by atoms with E-state index >= 15 is 0 Å². The predicted octanol–water partition coefficient (Wildman–Crippen LogP) is 11.4. The monoisotopic (exact) mass is 556 g/mol. The molecule has 210 valence electrons. The van der Waals surface area contributed by atoms with Gasteiger partial charge in [-0.1, -0.05) is 71.8 Å². The van der Waals surface area contributed by atoms with Gasteiger partial charge in [0.25, 0.3) is 0 Å². The second-order valence-corrected chi connectivity index (χ2v) is 11.9. The molecule has 0 heterocycles. The molecule has 0 saturated heterocycles. The lowest BCUT2D eigenvalue weighted by Crippen LogP contribution is -2.10. The van der Waals surface area contributed by atoms with Crippen molar-refractivity contribution < 1.29 is 0 Å². The molecule has 0 aliphatic heterocycles. The molecule has 0 unspecified atom stereocenters. The van der Waals surface area contributed by atoms with E-state index in [4.69, 9.17) is 0 Å². The fourth-order valence-corrected chi connectivity index (χ4v) is 6.28. The minimum atomic E-state index is 0.914. The van der Waals surface area contributed by atoms with E-state index in [2.05, 4.69) is 171 Å². The predicted molar refractivity (Wildman–Crippen MR) is 183 cm³/mol. The molecule has 0 radical (unpaired) electrons. The van der Waals surface area contributed by atoms with Gasteiger partial charge in [0.2, 0.25) is 0 Å². The topological polar surface area (TPSA) is 6.48 Å². The molecule has 0 N–H and O–H groups in total. The maximum absolute atomic E-state index is 2.38. The van der Waals surface area contributed by atoms with Crippen LogP contribution in [0, 0.1) is 27.7 Å². The molecule has 0 saturated carbocycles. The molecule has 0 amide bonds. The molecule has 2 heteroatoms. The highest BCUT2D eigenvalue weighted by Gasteiger charge is 2.23. The van der Waals surface area contributed by atoms with Crippen molar-refractivity contribution in [1.29, 1.82) is 0 Å². The number of rotatable bonds is 6. The van der Waals surface area contributed by atoms with Crippen LogP contribution in [-0.2, 0) is 6.42 Å². The molecule has 0 fully saturated rings. The third-order valence-electron chi connectivity index (χ3n) is 8.47. The molecule has 0 atom stereocenters. The number of hydrogen-bond acceptors (Lipinski definition) is 2. The summed E-state index contributed by atoms with van der Waals surface area (Å²) < 4.78 is 0. The molecule has 1 aliphatic carbocycles. The van der Waals surface area contributed by atoms with Crippen LogP contribution in [0.1, 0.15) is 33.4 Å². The van der Waals surface area contributed by atoms with E-state index in [0.717, 1.165) is 6.42 Å². The third-order valence-corrected chi connectivity index (χ3v) is 8.47. The zero-order chi connectivity index (χ0) is 29.5. The standard InChI is InChI=1S/C41H36N2/c1-28-11-15-34(16-12-28)42(36-9-5-7-30(3)23-36)38-19-21-40-32(26-38)25-33-27-39(20-22-41(33)40)43(35-17-13-29(2)14-18-35)37-10-6-8-31(4)24-37/h5-24,26-27H,25H2,1-4H3. The van der Waals surface area contributed by atoms with Gasteiger partial charge in [0.15, 0.2) is 0 Å². The summed E-state index contributed by atoms with van der Waals surface area (Å²) in [4.78, 5) is 4.75. The van der Waals surface area contributed by atoms with Gasteiger partial charge in [-0.05, 0) is 140 Å². The summed E-state index contributed by atoms with van der Waals surface area (Å²) in [5, 5.41) is 0. The van der Waals surface area contributed by atoms with Crippen molar-refractivity contribution in [3.63, 3.8) is 0 Å². The molecular formula is C41H36N2. The molecule has 6 aromatic carbocycles. The van der Waals surface area contributed by atoms with Crippen LogP contribution in [0.3, 0.4) is 0 Å². The normalized spacial score (nSPS) is 11.6. The maximum Gasteiger partial charge on any atom is 0.0464 e. The van der Waals surface area contributed by atoms with Crippen LogP contribution in [0.4, 0.5) is 34.1 Å². The van der Waals surface area contributed by atoms with Gasteiger partial charge in [-0.3, -0.25) is 0 Å². The average Bonchev–Trinajstić information content (AvgIpc) is 3.37. The first kappa shape index (κ1) is 26.8. The second-order valence-electron chi connectivity index (χ2n) is 11.9. The van der Waals surface area contributed by atoms with Crippen LogP contribution in [0.25, 0.3) is 11.1 Å². The summed E-state index contributed by atoms with van der Waals surface area (Å²) in [5.41, 5.74) is 17.5. The largest absolute Gasteiger partial charge is 0.310 e. The maximum atomic E-state index is 2.38. The van der Waals surface area contributed by atoms with E-state index in [0.29, 0.717) is 0 Å². The van der Waals surface area contributed by atoms with Crippen molar-refractivity contribution in [3.8, 4) is 11.1 Å². The lowest BCUT2D eigenvalue weighted by atomic mass is 10.0. The van der Waals surface area contributed by atoms with E-state index in [-0.39, 0.29) is 0 Å². The Labute approximate surface area is 255 Å². The highest BCUT2D eigenvalue weighted by atomic mass is 15.1. The number of nitrogens with zero attached hydrogens (tertiary/aromatic N) is 2. The second kappa shape index (κ2) is 11.0. The van der Waals surface area contributed by atoms with Crippen LogP contribution in [-0.4, -0.2) is 0 Å². The summed E-state index contributed by atoms with van der Waals surface area (Å²) in [6.45, 7) is 8.59. The Hall–Kier alpha value is -5.08. The molecule has 43 heavy (non-hydrogen) atoms. The quantitative estimate of drug-likeness (QED) is 0.201. The summed E-state index contributed by atoms with van der Waals surface area (Å²) in [6, 6.07) is 49.1. The van der Waals surface area contributed by atoms with E-state index in [1.807, 2.05) is 0 Å². The molecule has 2 nitrogen and oxygen atoms in total. The van der Waals surface area contributed by atoms with E-state index < -0.39 is 0 Å². The molecule has 6 aromatic rings. The van der Waals surface area contributed by atoms with Gasteiger partial charge in [-0.25, -0.2) is 0 Å².